The van der Waals surface area contributed by atoms with Crippen molar-refractivity contribution in [2.24, 2.45) is 0 Å². The number of benzene rings is 2. The van der Waals surface area contributed by atoms with Crippen LogP contribution in [-0.4, -0.2) is 24.0 Å². The molecule has 132 valence electrons. The summed E-state index contributed by atoms with van der Waals surface area (Å²) in [6.07, 6.45) is 0. The third kappa shape index (κ3) is 3.49. The van der Waals surface area contributed by atoms with E-state index >= 15 is 0 Å². The highest BCUT2D eigenvalue weighted by atomic mass is 16.5. The minimum atomic E-state index is -0.967. The third-order valence-electron chi connectivity index (χ3n) is 4.08. The lowest BCUT2D eigenvalue weighted by Gasteiger charge is -2.18. The van der Waals surface area contributed by atoms with Gasteiger partial charge in [0.2, 0.25) is 5.56 Å². The van der Waals surface area contributed by atoms with Gasteiger partial charge in [0.15, 0.2) is 6.04 Å². The molecule has 2 aromatic carbocycles. The Morgan fingerprint density at radius 2 is 1.85 bits per heavy atom. The monoisotopic (exact) mass is 350 g/mol. The molecule has 3 aromatic rings. The molecule has 0 aliphatic heterocycles. The molecule has 1 heterocycles. The fourth-order valence-corrected chi connectivity index (χ4v) is 2.85. The van der Waals surface area contributed by atoms with Crippen molar-refractivity contribution in [3.05, 3.63) is 81.6 Å². The molecular weight excluding hydrogens is 332 g/mol. The van der Waals surface area contributed by atoms with Crippen molar-refractivity contribution in [2.45, 2.75) is 13.0 Å². The summed E-state index contributed by atoms with van der Waals surface area (Å²) in [6.45, 7) is 1.89. The molecule has 0 bridgehead atoms. The first-order valence-electron chi connectivity index (χ1n) is 8.07. The summed E-state index contributed by atoms with van der Waals surface area (Å²) in [4.78, 5) is 39.6. The SMILES string of the molecule is COC(=O)[C@@H](NC(=O)c1cc(=O)[nH]c2ccccc12)c1cccc(C)c1. The summed E-state index contributed by atoms with van der Waals surface area (Å²) in [5.41, 5.74) is 1.92. The topological polar surface area (TPSA) is 88.3 Å². The number of carbonyl (C=O) groups is 2. The Hall–Kier alpha value is -3.41. The van der Waals surface area contributed by atoms with Gasteiger partial charge >= 0.3 is 5.97 Å². The van der Waals surface area contributed by atoms with Crippen LogP contribution >= 0.6 is 0 Å². The van der Waals surface area contributed by atoms with E-state index < -0.39 is 17.9 Å². The van der Waals surface area contributed by atoms with Gasteiger partial charge in [-0.3, -0.25) is 9.59 Å². The molecule has 6 nitrogen and oxygen atoms in total. The molecule has 3 rings (SSSR count). The number of fused-ring (bicyclic) bond motifs is 1. The molecule has 0 fully saturated rings. The van der Waals surface area contributed by atoms with E-state index in [2.05, 4.69) is 10.3 Å². The quantitative estimate of drug-likeness (QED) is 0.708. The lowest BCUT2D eigenvalue weighted by molar-refractivity contribution is -0.143. The van der Waals surface area contributed by atoms with E-state index in [4.69, 9.17) is 4.74 Å². The van der Waals surface area contributed by atoms with Crippen LogP contribution in [0.1, 0.15) is 27.5 Å². The number of aromatic nitrogens is 1. The van der Waals surface area contributed by atoms with Crippen molar-refractivity contribution in [3.8, 4) is 0 Å². The van der Waals surface area contributed by atoms with Crippen LogP contribution in [0.4, 0.5) is 0 Å². The van der Waals surface area contributed by atoms with Gasteiger partial charge in [-0.25, -0.2) is 4.79 Å². The molecule has 0 saturated heterocycles. The molecule has 0 saturated carbocycles. The molecule has 0 aliphatic rings. The van der Waals surface area contributed by atoms with Crippen LogP contribution in [0.15, 0.2) is 59.4 Å². The van der Waals surface area contributed by atoms with E-state index in [-0.39, 0.29) is 11.1 Å². The molecule has 0 spiro atoms. The predicted octanol–water partition coefficient (Wildman–Crippen LogP) is 2.48. The summed E-state index contributed by atoms with van der Waals surface area (Å²) in [6, 6.07) is 14.5. The van der Waals surface area contributed by atoms with Gasteiger partial charge in [-0.1, -0.05) is 48.0 Å². The number of hydrogen-bond acceptors (Lipinski definition) is 4. The van der Waals surface area contributed by atoms with E-state index in [1.54, 1.807) is 42.5 Å². The zero-order valence-corrected chi connectivity index (χ0v) is 14.4. The van der Waals surface area contributed by atoms with Gasteiger partial charge in [-0.2, -0.15) is 0 Å². The van der Waals surface area contributed by atoms with Gasteiger partial charge in [0.05, 0.1) is 12.7 Å². The molecule has 1 atom stereocenters. The molecule has 0 aliphatic carbocycles. The fraction of sp³-hybridized carbons (Fsp3) is 0.150. The normalized spacial score (nSPS) is 11.8. The van der Waals surface area contributed by atoms with Crippen LogP contribution in [-0.2, 0) is 9.53 Å². The summed E-state index contributed by atoms with van der Waals surface area (Å²) >= 11 is 0. The minimum absolute atomic E-state index is 0.200. The number of pyridine rings is 1. The third-order valence-corrected chi connectivity index (χ3v) is 4.08. The second kappa shape index (κ2) is 7.23. The lowest BCUT2D eigenvalue weighted by Crippen LogP contribution is -2.35. The highest BCUT2D eigenvalue weighted by Gasteiger charge is 2.25. The largest absolute Gasteiger partial charge is 0.467 e. The highest BCUT2D eigenvalue weighted by Crippen LogP contribution is 2.19. The molecule has 1 amide bonds. The van der Waals surface area contributed by atoms with Gasteiger partial charge in [0, 0.05) is 17.0 Å². The van der Waals surface area contributed by atoms with Crippen molar-refractivity contribution in [3.63, 3.8) is 0 Å². The molecule has 6 heteroatoms. The van der Waals surface area contributed by atoms with Gasteiger partial charge in [-0.15, -0.1) is 0 Å². The maximum atomic E-state index is 12.8. The number of amides is 1. The number of hydrogen-bond donors (Lipinski definition) is 2. The molecule has 1 aromatic heterocycles. The molecular formula is C20H18N2O4. The summed E-state index contributed by atoms with van der Waals surface area (Å²) < 4.78 is 4.83. The number of carbonyl (C=O) groups excluding carboxylic acids is 2. The fourth-order valence-electron chi connectivity index (χ4n) is 2.85. The predicted molar refractivity (Wildman–Crippen MR) is 98.0 cm³/mol. The van der Waals surface area contributed by atoms with Crippen molar-refractivity contribution in [1.29, 1.82) is 0 Å². The van der Waals surface area contributed by atoms with E-state index in [1.165, 1.54) is 13.2 Å². The number of para-hydroxylation sites is 1. The van der Waals surface area contributed by atoms with Crippen molar-refractivity contribution >= 4 is 22.8 Å². The maximum absolute atomic E-state index is 12.8. The standard InChI is InChI=1S/C20H18N2O4/c1-12-6-5-7-13(10-12)18(20(25)26-2)22-19(24)15-11-17(23)21-16-9-4-3-8-14(15)16/h3-11,18H,1-2H3,(H,21,23)(H,22,24)/t18-/m0/s1. The Morgan fingerprint density at radius 1 is 1.08 bits per heavy atom. The highest BCUT2D eigenvalue weighted by molar-refractivity contribution is 6.07. The summed E-state index contributed by atoms with van der Waals surface area (Å²) in [5.74, 6) is -1.11. The number of H-pyrrole nitrogens is 1. The van der Waals surface area contributed by atoms with Crippen LogP contribution in [0.25, 0.3) is 10.9 Å². The first-order valence-corrected chi connectivity index (χ1v) is 8.07. The number of nitrogens with one attached hydrogen (secondary N) is 2. The second-order valence-electron chi connectivity index (χ2n) is 5.94. The average Bonchev–Trinajstić information content (AvgIpc) is 2.64. The molecule has 0 radical (unpaired) electrons. The molecule has 2 N–H and O–H groups in total. The average molecular weight is 350 g/mol. The van der Waals surface area contributed by atoms with Gasteiger partial charge in [0.25, 0.3) is 5.91 Å². The summed E-state index contributed by atoms with van der Waals surface area (Å²) in [5, 5.41) is 3.28. The Balaban J connectivity index is 2.01. The van der Waals surface area contributed by atoms with Crippen molar-refractivity contribution in [2.75, 3.05) is 7.11 Å². The smallest absolute Gasteiger partial charge is 0.333 e. The van der Waals surface area contributed by atoms with Crippen LogP contribution < -0.4 is 10.9 Å². The second-order valence-corrected chi connectivity index (χ2v) is 5.94. The Bertz CT molecular complexity index is 1040. The number of methoxy groups -OCH3 is 1. The van der Waals surface area contributed by atoms with Gasteiger partial charge < -0.3 is 15.0 Å². The van der Waals surface area contributed by atoms with Gasteiger partial charge in [-0.05, 0) is 18.6 Å². The van der Waals surface area contributed by atoms with Crippen LogP contribution in [0.3, 0.4) is 0 Å². The van der Waals surface area contributed by atoms with Crippen molar-refractivity contribution < 1.29 is 14.3 Å². The Labute approximate surface area is 149 Å². The van der Waals surface area contributed by atoms with E-state index in [1.807, 2.05) is 13.0 Å². The Kier molecular flexibility index (Phi) is 4.84. The van der Waals surface area contributed by atoms with Crippen LogP contribution in [0, 0.1) is 6.92 Å². The number of esters is 1. The summed E-state index contributed by atoms with van der Waals surface area (Å²) in [7, 11) is 1.26. The lowest BCUT2D eigenvalue weighted by atomic mass is 10.0. The number of rotatable bonds is 4. The zero-order chi connectivity index (χ0) is 18.7. The molecule has 0 unspecified atom stereocenters. The number of ether oxygens (including phenoxy) is 1. The first-order chi connectivity index (χ1) is 12.5. The maximum Gasteiger partial charge on any atom is 0.333 e. The van der Waals surface area contributed by atoms with Crippen LogP contribution in [0.5, 0.6) is 0 Å². The first kappa shape index (κ1) is 17.4. The number of aryl methyl sites for hydroxylation is 1. The van der Waals surface area contributed by atoms with E-state index in [0.29, 0.717) is 16.5 Å². The number of aromatic amines is 1. The van der Waals surface area contributed by atoms with Gasteiger partial charge in [0.1, 0.15) is 0 Å². The Morgan fingerprint density at radius 3 is 2.58 bits per heavy atom. The van der Waals surface area contributed by atoms with Crippen molar-refractivity contribution in [1.82, 2.24) is 10.3 Å². The van der Waals surface area contributed by atoms with E-state index in [0.717, 1.165) is 5.56 Å². The molecule has 26 heavy (non-hydrogen) atoms. The minimum Gasteiger partial charge on any atom is -0.467 e. The van der Waals surface area contributed by atoms with E-state index in [9.17, 15) is 14.4 Å². The van der Waals surface area contributed by atoms with Crippen LogP contribution in [0.2, 0.25) is 0 Å². The zero-order valence-electron chi connectivity index (χ0n) is 14.4.